The fraction of sp³-hybridized carbons (Fsp3) is 0.176. The second-order valence-corrected chi connectivity index (χ2v) is 4.91. The zero-order chi connectivity index (χ0) is 13.3. The molecular weight excluding hydrogens is 236 g/mol. The van der Waals surface area contributed by atoms with Crippen molar-refractivity contribution in [3.05, 3.63) is 59.7 Å². The fourth-order valence-corrected chi connectivity index (χ4v) is 3.22. The summed E-state index contributed by atoms with van der Waals surface area (Å²) < 4.78 is 0. The lowest BCUT2D eigenvalue weighted by atomic mass is 9.73. The van der Waals surface area contributed by atoms with Crippen LogP contribution in [0.25, 0.3) is 11.1 Å². The van der Waals surface area contributed by atoms with Gasteiger partial charge in [0.15, 0.2) is 0 Å². The number of carbonyl (C=O) groups excluding carboxylic acids is 2. The summed E-state index contributed by atoms with van der Waals surface area (Å²) in [5.41, 5.74) is 3.99. The largest absolute Gasteiger partial charge is 0.303 e. The molecule has 19 heavy (non-hydrogen) atoms. The van der Waals surface area contributed by atoms with Crippen molar-refractivity contribution >= 4 is 12.6 Å². The molecule has 0 saturated carbocycles. The maximum atomic E-state index is 11.1. The lowest BCUT2D eigenvalue weighted by Gasteiger charge is -2.27. The Hall–Kier alpha value is -2.22. The molecule has 3 rings (SSSR count). The molecule has 94 valence electrons. The minimum absolute atomic E-state index is 0.347. The molecule has 2 nitrogen and oxygen atoms in total. The van der Waals surface area contributed by atoms with Crippen molar-refractivity contribution in [3.8, 4) is 11.1 Å². The summed E-state index contributed by atoms with van der Waals surface area (Å²) in [6, 6.07) is 16.1. The van der Waals surface area contributed by atoms with E-state index in [0.29, 0.717) is 12.8 Å². The summed E-state index contributed by atoms with van der Waals surface area (Å²) in [6.45, 7) is 0. The highest BCUT2D eigenvalue weighted by atomic mass is 16.1. The number of carbonyl (C=O) groups is 2. The number of benzene rings is 2. The van der Waals surface area contributed by atoms with Gasteiger partial charge in [0.2, 0.25) is 0 Å². The number of rotatable bonds is 4. The van der Waals surface area contributed by atoms with Gasteiger partial charge in [0.1, 0.15) is 12.6 Å². The molecule has 0 N–H and O–H groups in total. The van der Waals surface area contributed by atoms with Crippen molar-refractivity contribution in [2.24, 2.45) is 0 Å². The standard InChI is InChI=1S/C17H14O2/c18-11-9-17(10-12-19)15-7-3-1-5-13(15)14-6-2-4-8-16(14)17/h1-8,11-12H,9-10H2. The van der Waals surface area contributed by atoms with Gasteiger partial charge >= 0.3 is 0 Å². The van der Waals surface area contributed by atoms with Crippen molar-refractivity contribution in [2.45, 2.75) is 18.3 Å². The van der Waals surface area contributed by atoms with Gasteiger partial charge in [-0.3, -0.25) is 0 Å². The van der Waals surface area contributed by atoms with Crippen molar-refractivity contribution < 1.29 is 9.59 Å². The molecule has 0 unspecified atom stereocenters. The summed E-state index contributed by atoms with van der Waals surface area (Å²) in [5.74, 6) is 0. The summed E-state index contributed by atoms with van der Waals surface area (Å²) in [6.07, 6.45) is 2.53. The molecule has 0 atom stereocenters. The zero-order valence-corrected chi connectivity index (χ0v) is 10.5. The minimum atomic E-state index is -0.476. The Morgan fingerprint density at radius 1 is 0.737 bits per heavy atom. The average Bonchev–Trinajstić information content (AvgIpc) is 2.72. The minimum Gasteiger partial charge on any atom is -0.303 e. The van der Waals surface area contributed by atoms with E-state index in [1.807, 2.05) is 36.4 Å². The summed E-state index contributed by atoms with van der Waals surface area (Å²) in [5, 5.41) is 0. The van der Waals surface area contributed by atoms with Crippen molar-refractivity contribution in [3.63, 3.8) is 0 Å². The van der Waals surface area contributed by atoms with E-state index in [4.69, 9.17) is 0 Å². The Labute approximate surface area is 112 Å². The molecule has 0 spiro atoms. The Kier molecular flexibility index (Phi) is 2.79. The second-order valence-electron chi connectivity index (χ2n) is 4.91. The normalized spacial score (nSPS) is 14.5. The first-order valence-corrected chi connectivity index (χ1v) is 6.40. The Morgan fingerprint density at radius 3 is 1.58 bits per heavy atom. The number of aldehydes is 2. The number of hydrogen-bond donors (Lipinski definition) is 0. The number of fused-ring (bicyclic) bond motifs is 3. The quantitative estimate of drug-likeness (QED) is 0.781. The zero-order valence-electron chi connectivity index (χ0n) is 10.5. The summed E-state index contributed by atoms with van der Waals surface area (Å²) >= 11 is 0. The smallest absolute Gasteiger partial charge is 0.121 e. The second kappa shape index (κ2) is 4.47. The van der Waals surface area contributed by atoms with Crippen LogP contribution in [0, 0.1) is 0 Å². The molecule has 0 aromatic heterocycles. The van der Waals surface area contributed by atoms with E-state index in [2.05, 4.69) is 12.1 Å². The van der Waals surface area contributed by atoms with Gasteiger partial charge in [-0.25, -0.2) is 0 Å². The first-order valence-electron chi connectivity index (χ1n) is 6.40. The van der Waals surface area contributed by atoms with E-state index in [1.54, 1.807) is 0 Å². The van der Waals surface area contributed by atoms with Gasteiger partial charge in [-0.15, -0.1) is 0 Å². The Morgan fingerprint density at radius 2 is 1.16 bits per heavy atom. The van der Waals surface area contributed by atoms with Gasteiger partial charge in [-0.2, -0.15) is 0 Å². The van der Waals surface area contributed by atoms with Crippen molar-refractivity contribution in [1.82, 2.24) is 0 Å². The third-order valence-electron chi connectivity index (χ3n) is 4.04. The van der Waals surface area contributed by atoms with Crippen molar-refractivity contribution in [1.29, 1.82) is 0 Å². The van der Waals surface area contributed by atoms with Crippen LogP contribution in [0.3, 0.4) is 0 Å². The van der Waals surface area contributed by atoms with E-state index >= 15 is 0 Å². The predicted molar refractivity (Wildman–Crippen MR) is 74.0 cm³/mol. The average molecular weight is 250 g/mol. The molecule has 1 aliphatic rings. The van der Waals surface area contributed by atoms with Crippen LogP contribution in [0.4, 0.5) is 0 Å². The van der Waals surface area contributed by atoms with Crippen molar-refractivity contribution in [2.75, 3.05) is 0 Å². The molecule has 0 aliphatic heterocycles. The number of hydrogen-bond acceptors (Lipinski definition) is 2. The highest BCUT2D eigenvalue weighted by Gasteiger charge is 2.42. The van der Waals surface area contributed by atoms with E-state index in [1.165, 1.54) is 0 Å². The predicted octanol–water partition coefficient (Wildman–Crippen LogP) is 3.13. The maximum absolute atomic E-state index is 11.1. The first kappa shape index (κ1) is 11.8. The van der Waals surface area contributed by atoms with Crippen LogP contribution >= 0.6 is 0 Å². The summed E-state index contributed by atoms with van der Waals surface area (Å²) in [7, 11) is 0. The van der Waals surface area contributed by atoms with Gasteiger partial charge in [0.25, 0.3) is 0 Å². The first-order chi connectivity index (χ1) is 9.33. The maximum Gasteiger partial charge on any atom is 0.121 e. The van der Waals surface area contributed by atoms with Gasteiger partial charge < -0.3 is 9.59 Å². The van der Waals surface area contributed by atoms with Gasteiger partial charge in [-0.1, -0.05) is 48.5 Å². The molecule has 0 saturated heterocycles. The molecule has 0 heterocycles. The van der Waals surface area contributed by atoms with Gasteiger partial charge in [0, 0.05) is 18.3 Å². The van der Waals surface area contributed by atoms with Crippen LogP contribution in [0.1, 0.15) is 24.0 Å². The molecule has 0 bridgehead atoms. The van der Waals surface area contributed by atoms with Gasteiger partial charge in [-0.05, 0) is 22.3 Å². The monoisotopic (exact) mass is 250 g/mol. The lowest BCUT2D eigenvalue weighted by Crippen LogP contribution is -2.26. The molecule has 2 aromatic rings. The Bertz CT molecular complexity index is 586. The van der Waals surface area contributed by atoms with Gasteiger partial charge in [0.05, 0.1) is 0 Å². The van der Waals surface area contributed by atoms with E-state index in [9.17, 15) is 9.59 Å². The van der Waals surface area contributed by atoms with E-state index in [0.717, 1.165) is 34.8 Å². The van der Waals surface area contributed by atoms with Crippen LogP contribution in [0.5, 0.6) is 0 Å². The molecule has 2 heteroatoms. The molecule has 0 radical (unpaired) electrons. The van der Waals surface area contributed by atoms with Crippen LogP contribution < -0.4 is 0 Å². The van der Waals surface area contributed by atoms with Crippen LogP contribution in [0.2, 0.25) is 0 Å². The molecular formula is C17H14O2. The van der Waals surface area contributed by atoms with Crippen LogP contribution in [0.15, 0.2) is 48.5 Å². The third kappa shape index (κ3) is 1.56. The van der Waals surface area contributed by atoms with E-state index < -0.39 is 5.41 Å². The van der Waals surface area contributed by atoms with E-state index in [-0.39, 0.29) is 0 Å². The van der Waals surface area contributed by atoms with Crippen LogP contribution in [-0.2, 0) is 15.0 Å². The fourth-order valence-electron chi connectivity index (χ4n) is 3.22. The Balaban J connectivity index is 2.34. The molecule has 1 aliphatic carbocycles. The summed E-state index contributed by atoms with van der Waals surface area (Å²) in [4.78, 5) is 22.3. The topological polar surface area (TPSA) is 34.1 Å². The highest BCUT2D eigenvalue weighted by molar-refractivity contribution is 5.84. The molecule has 0 amide bonds. The third-order valence-corrected chi connectivity index (χ3v) is 4.04. The molecule has 0 fully saturated rings. The SMILES string of the molecule is O=CCC1(CC=O)c2ccccc2-c2ccccc21. The molecule has 2 aromatic carbocycles. The highest BCUT2D eigenvalue weighted by Crippen LogP contribution is 2.51. The lowest BCUT2D eigenvalue weighted by molar-refractivity contribution is -0.110. The van der Waals surface area contributed by atoms with Crippen LogP contribution in [-0.4, -0.2) is 12.6 Å².